The molecule has 0 aliphatic heterocycles. The summed E-state index contributed by atoms with van der Waals surface area (Å²) in [5, 5.41) is 4.95. The van der Waals surface area contributed by atoms with E-state index >= 15 is 0 Å². The normalized spacial score (nSPS) is 11.7. The SMILES string of the molecule is Clc1c2ccccc2cc2oc3cc(Br)ccc3c12. The van der Waals surface area contributed by atoms with Gasteiger partial charge in [0.1, 0.15) is 11.2 Å². The largest absolute Gasteiger partial charge is 0.456 e. The molecule has 1 nitrogen and oxygen atoms in total. The van der Waals surface area contributed by atoms with Crippen LogP contribution in [0.25, 0.3) is 32.7 Å². The summed E-state index contributed by atoms with van der Waals surface area (Å²) in [7, 11) is 0. The molecule has 0 saturated heterocycles. The van der Waals surface area contributed by atoms with Crippen LogP contribution in [0, 0.1) is 0 Å². The number of hydrogen-bond donors (Lipinski definition) is 0. The van der Waals surface area contributed by atoms with E-state index in [1.165, 1.54) is 0 Å². The molecule has 4 aromatic rings. The maximum absolute atomic E-state index is 6.56. The van der Waals surface area contributed by atoms with Crippen LogP contribution in [0.1, 0.15) is 0 Å². The molecule has 1 heterocycles. The first kappa shape index (κ1) is 11.3. The van der Waals surface area contributed by atoms with Gasteiger partial charge in [0.2, 0.25) is 0 Å². The molecule has 0 radical (unpaired) electrons. The van der Waals surface area contributed by atoms with E-state index in [9.17, 15) is 0 Å². The first-order valence-corrected chi connectivity index (χ1v) is 7.10. The molecule has 0 aliphatic carbocycles. The van der Waals surface area contributed by atoms with Crippen LogP contribution in [-0.2, 0) is 0 Å². The average Bonchev–Trinajstić information content (AvgIpc) is 2.76. The summed E-state index contributed by atoms with van der Waals surface area (Å²) in [6, 6.07) is 16.1. The van der Waals surface area contributed by atoms with Crippen molar-refractivity contribution in [2.45, 2.75) is 0 Å². The van der Waals surface area contributed by atoms with Gasteiger partial charge in [0.25, 0.3) is 0 Å². The fourth-order valence-electron chi connectivity index (χ4n) is 2.52. The topological polar surface area (TPSA) is 13.1 Å². The van der Waals surface area contributed by atoms with E-state index in [1.807, 2.05) is 48.5 Å². The Hall–Kier alpha value is -1.51. The van der Waals surface area contributed by atoms with Gasteiger partial charge in [-0.05, 0) is 29.7 Å². The summed E-state index contributed by atoms with van der Waals surface area (Å²) in [6.45, 7) is 0. The van der Waals surface area contributed by atoms with Gasteiger partial charge in [-0.15, -0.1) is 0 Å². The Morgan fingerprint density at radius 2 is 1.74 bits per heavy atom. The Morgan fingerprint density at radius 3 is 2.63 bits per heavy atom. The number of halogens is 2. The molecule has 0 saturated carbocycles. The van der Waals surface area contributed by atoms with Crippen molar-refractivity contribution in [1.29, 1.82) is 0 Å². The van der Waals surface area contributed by atoms with Gasteiger partial charge in [0, 0.05) is 20.6 Å². The van der Waals surface area contributed by atoms with Crippen LogP contribution >= 0.6 is 27.5 Å². The molecule has 4 rings (SSSR count). The Bertz CT molecular complexity index is 940. The monoisotopic (exact) mass is 330 g/mol. The minimum Gasteiger partial charge on any atom is -0.456 e. The minimum atomic E-state index is 0.758. The summed E-state index contributed by atoms with van der Waals surface area (Å²) in [4.78, 5) is 0. The Morgan fingerprint density at radius 1 is 0.895 bits per heavy atom. The molecule has 0 unspecified atom stereocenters. The number of rotatable bonds is 0. The van der Waals surface area contributed by atoms with Crippen molar-refractivity contribution in [2.75, 3.05) is 0 Å². The Balaban J connectivity index is 2.30. The third kappa shape index (κ3) is 1.60. The maximum Gasteiger partial charge on any atom is 0.137 e. The van der Waals surface area contributed by atoms with E-state index in [4.69, 9.17) is 16.0 Å². The van der Waals surface area contributed by atoms with Crippen LogP contribution in [0.4, 0.5) is 0 Å². The smallest absolute Gasteiger partial charge is 0.137 e. The van der Waals surface area contributed by atoms with Gasteiger partial charge in [-0.25, -0.2) is 0 Å². The lowest BCUT2D eigenvalue weighted by atomic mass is 10.1. The van der Waals surface area contributed by atoms with Gasteiger partial charge in [-0.3, -0.25) is 0 Å². The molecular formula is C16H8BrClO. The minimum absolute atomic E-state index is 0.758. The van der Waals surface area contributed by atoms with Crippen molar-refractivity contribution < 1.29 is 4.42 Å². The summed E-state index contributed by atoms with van der Waals surface area (Å²) in [5.41, 5.74) is 1.68. The Kier molecular flexibility index (Phi) is 2.38. The van der Waals surface area contributed by atoms with Crippen molar-refractivity contribution in [3.63, 3.8) is 0 Å². The molecule has 0 fully saturated rings. The highest BCUT2D eigenvalue weighted by Crippen LogP contribution is 2.39. The number of benzene rings is 3. The van der Waals surface area contributed by atoms with Gasteiger partial charge in [0.05, 0.1) is 5.02 Å². The van der Waals surface area contributed by atoms with Crippen LogP contribution in [0.5, 0.6) is 0 Å². The van der Waals surface area contributed by atoms with Crippen LogP contribution in [0.3, 0.4) is 0 Å². The van der Waals surface area contributed by atoms with E-state index < -0.39 is 0 Å². The number of fused-ring (bicyclic) bond motifs is 4. The van der Waals surface area contributed by atoms with E-state index in [2.05, 4.69) is 15.9 Å². The van der Waals surface area contributed by atoms with Crippen molar-refractivity contribution in [1.82, 2.24) is 0 Å². The maximum atomic E-state index is 6.56. The second-order valence-corrected chi connectivity index (χ2v) is 5.82. The van der Waals surface area contributed by atoms with Crippen molar-refractivity contribution in [3.8, 4) is 0 Å². The molecule has 0 amide bonds. The van der Waals surface area contributed by atoms with Crippen molar-refractivity contribution in [2.24, 2.45) is 0 Å². The molecule has 0 spiro atoms. The zero-order chi connectivity index (χ0) is 13.0. The third-order valence-corrected chi connectivity index (χ3v) is 4.27. The van der Waals surface area contributed by atoms with Crippen LogP contribution in [0.2, 0.25) is 5.02 Å². The summed E-state index contributed by atoms with van der Waals surface area (Å²) >= 11 is 10.0. The van der Waals surface area contributed by atoms with E-state index in [1.54, 1.807) is 0 Å². The standard InChI is InChI=1S/C16H8BrClO/c17-10-5-6-12-13(8-10)19-14-7-9-3-1-2-4-11(9)16(18)15(12)14/h1-8H. The summed E-state index contributed by atoms with van der Waals surface area (Å²) in [5.74, 6) is 0. The van der Waals surface area contributed by atoms with Crippen molar-refractivity contribution >= 4 is 60.2 Å². The molecule has 0 bridgehead atoms. The van der Waals surface area contributed by atoms with Crippen LogP contribution in [0.15, 0.2) is 57.4 Å². The van der Waals surface area contributed by atoms with Crippen LogP contribution < -0.4 is 0 Å². The van der Waals surface area contributed by atoms with Gasteiger partial charge < -0.3 is 4.42 Å². The zero-order valence-electron chi connectivity index (χ0n) is 9.78. The highest BCUT2D eigenvalue weighted by atomic mass is 79.9. The van der Waals surface area contributed by atoms with Crippen LogP contribution in [-0.4, -0.2) is 0 Å². The second kappa shape index (κ2) is 3.99. The molecule has 1 aromatic heterocycles. The number of furan rings is 1. The quantitative estimate of drug-likeness (QED) is 0.376. The predicted octanol–water partition coefficient (Wildman–Crippen LogP) is 6.16. The average molecular weight is 332 g/mol. The molecule has 0 aliphatic rings. The highest BCUT2D eigenvalue weighted by Gasteiger charge is 2.13. The molecule has 0 atom stereocenters. The fraction of sp³-hybridized carbons (Fsp3) is 0. The summed E-state index contributed by atoms with van der Waals surface area (Å²) < 4.78 is 6.91. The molecule has 0 N–H and O–H groups in total. The van der Waals surface area contributed by atoms with E-state index in [-0.39, 0.29) is 0 Å². The molecule has 3 heteroatoms. The molecule has 3 aromatic carbocycles. The first-order valence-electron chi connectivity index (χ1n) is 5.93. The number of hydrogen-bond acceptors (Lipinski definition) is 1. The van der Waals surface area contributed by atoms with Gasteiger partial charge in [-0.1, -0.05) is 51.8 Å². The molecular weight excluding hydrogens is 324 g/mol. The second-order valence-electron chi connectivity index (χ2n) is 4.53. The van der Waals surface area contributed by atoms with E-state index in [0.29, 0.717) is 0 Å². The lowest BCUT2D eigenvalue weighted by Gasteiger charge is -2.01. The lowest BCUT2D eigenvalue weighted by Crippen LogP contribution is -1.75. The molecule has 92 valence electrons. The first-order chi connectivity index (χ1) is 9.24. The zero-order valence-corrected chi connectivity index (χ0v) is 12.1. The Labute approximate surface area is 122 Å². The lowest BCUT2D eigenvalue weighted by molar-refractivity contribution is 0.669. The third-order valence-electron chi connectivity index (χ3n) is 3.38. The van der Waals surface area contributed by atoms with Crippen molar-refractivity contribution in [3.05, 3.63) is 58.0 Å². The predicted molar refractivity (Wildman–Crippen MR) is 83.9 cm³/mol. The molecule has 19 heavy (non-hydrogen) atoms. The van der Waals surface area contributed by atoms with Gasteiger partial charge in [-0.2, -0.15) is 0 Å². The summed E-state index contributed by atoms with van der Waals surface area (Å²) in [6.07, 6.45) is 0. The van der Waals surface area contributed by atoms with Gasteiger partial charge >= 0.3 is 0 Å². The van der Waals surface area contributed by atoms with Gasteiger partial charge in [0.15, 0.2) is 0 Å². The fourth-order valence-corrected chi connectivity index (χ4v) is 3.22. The highest BCUT2D eigenvalue weighted by molar-refractivity contribution is 9.10. The van der Waals surface area contributed by atoms with E-state index in [0.717, 1.165) is 42.2 Å².